The van der Waals surface area contributed by atoms with E-state index in [1.165, 1.54) is 17.4 Å². The Morgan fingerprint density at radius 1 is 1.40 bits per heavy atom. The zero-order valence-electron chi connectivity index (χ0n) is 6.59. The molecule has 0 N–H and O–H groups in total. The quantitative estimate of drug-likeness (QED) is 0.655. The Morgan fingerprint density at radius 2 is 2.10 bits per heavy atom. The molecule has 1 rings (SSSR count). The summed E-state index contributed by atoms with van der Waals surface area (Å²) in [4.78, 5) is 0. The van der Waals surface area contributed by atoms with Crippen molar-refractivity contribution in [2.24, 2.45) is 5.92 Å². The first-order chi connectivity index (χ1) is 4.70. The average molecular weight is 156 g/mol. The molecule has 56 valence electrons. The lowest BCUT2D eigenvalue weighted by Crippen LogP contribution is -1.95. The highest BCUT2D eigenvalue weighted by Crippen LogP contribution is 2.09. The van der Waals surface area contributed by atoms with Crippen molar-refractivity contribution in [1.29, 1.82) is 0 Å². The highest BCUT2D eigenvalue weighted by molar-refractivity contribution is 6.99. The standard InChI is InChI=1S/C7H12N2S/c1-5(2)4-7-6(3)8-10-9-7/h5H,4H2,1-3H3. The van der Waals surface area contributed by atoms with Crippen LogP contribution in [0.4, 0.5) is 0 Å². The first-order valence-electron chi connectivity index (χ1n) is 3.48. The molecule has 0 saturated carbocycles. The maximum atomic E-state index is 4.19. The molecule has 0 saturated heterocycles. The van der Waals surface area contributed by atoms with Gasteiger partial charge in [0.2, 0.25) is 0 Å². The second-order valence-electron chi connectivity index (χ2n) is 2.89. The van der Waals surface area contributed by atoms with Crippen LogP contribution in [0, 0.1) is 12.8 Å². The summed E-state index contributed by atoms with van der Waals surface area (Å²) >= 11 is 1.31. The summed E-state index contributed by atoms with van der Waals surface area (Å²) in [6, 6.07) is 0. The highest BCUT2D eigenvalue weighted by atomic mass is 32.1. The minimum Gasteiger partial charge on any atom is -0.178 e. The summed E-state index contributed by atoms with van der Waals surface area (Å²) in [6.45, 7) is 6.40. The van der Waals surface area contributed by atoms with E-state index in [-0.39, 0.29) is 0 Å². The largest absolute Gasteiger partial charge is 0.178 e. The van der Waals surface area contributed by atoms with E-state index in [1.54, 1.807) is 0 Å². The van der Waals surface area contributed by atoms with E-state index in [0.717, 1.165) is 12.1 Å². The van der Waals surface area contributed by atoms with Gasteiger partial charge in [0.25, 0.3) is 0 Å². The Morgan fingerprint density at radius 3 is 2.50 bits per heavy atom. The average Bonchev–Trinajstić information content (AvgIpc) is 2.15. The fraction of sp³-hybridized carbons (Fsp3) is 0.714. The van der Waals surface area contributed by atoms with Gasteiger partial charge < -0.3 is 0 Å². The van der Waals surface area contributed by atoms with Crippen LogP contribution >= 0.6 is 11.7 Å². The fourth-order valence-corrected chi connectivity index (χ4v) is 1.40. The van der Waals surface area contributed by atoms with Crippen molar-refractivity contribution in [3.8, 4) is 0 Å². The Hall–Kier alpha value is -0.440. The van der Waals surface area contributed by atoms with Crippen molar-refractivity contribution >= 4 is 11.7 Å². The number of aromatic nitrogens is 2. The summed E-state index contributed by atoms with van der Waals surface area (Å²) in [7, 11) is 0. The lowest BCUT2D eigenvalue weighted by Gasteiger charge is -1.99. The lowest BCUT2D eigenvalue weighted by atomic mass is 10.1. The summed E-state index contributed by atoms with van der Waals surface area (Å²) in [5.41, 5.74) is 2.26. The molecule has 0 aliphatic heterocycles. The first kappa shape index (κ1) is 7.66. The monoisotopic (exact) mass is 156 g/mol. The summed E-state index contributed by atoms with van der Waals surface area (Å²) in [5, 5.41) is 0. The van der Waals surface area contributed by atoms with Crippen LogP contribution in [0.2, 0.25) is 0 Å². The van der Waals surface area contributed by atoms with Gasteiger partial charge in [-0.25, -0.2) is 0 Å². The van der Waals surface area contributed by atoms with Crippen LogP contribution in [0.1, 0.15) is 25.2 Å². The highest BCUT2D eigenvalue weighted by Gasteiger charge is 2.04. The zero-order chi connectivity index (χ0) is 7.56. The van der Waals surface area contributed by atoms with Crippen molar-refractivity contribution in [2.45, 2.75) is 27.2 Å². The third-order valence-corrected chi connectivity index (χ3v) is 2.01. The van der Waals surface area contributed by atoms with Crippen LogP contribution in [0.15, 0.2) is 0 Å². The molecule has 0 spiro atoms. The smallest absolute Gasteiger partial charge is 0.0774 e. The van der Waals surface area contributed by atoms with Gasteiger partial charge >= 0.3 is 0 Å². The van der Waals surface area contributed by atoms with Crippen LogP contribution in [0.25, 0.3) is 0 Å². The van der Waals surface area contributed by atoms with Crippen LogP contribution in [-0.2, 0) is 6.42 Å². The summed E-state index contributed by atoms with van der Waals surface area (Å²) in [5.74, 6) is 0.683. The minimum absolute atomic E-state index is 0.683. The molecule has 10 heavy (non-hydrogen) atoms. The molecule has 1 heterocycles. The van der Waals surface area contributed by atoms with E-state index in [4.69, 9.17) is 0 Å². The van der Waals surface area contributed by atoms with Gasteiger partial charge in [0.05, 0.1) is 23.1 Å². The molecule has 0 unspecified atom stereocenters. The predicted molar refractivity (Wildman–Crippen MR) is 43.2 cm³/mol. The lowest BCUT2D eigenvalue weighted by molar-refractivity contribution is 0.636. The number of rotatable bonds is 2. The molecule has 0 bridgehead atoms. The van der Waals surface area contributed by atoms with Gasteiger partial charge in [-0.3, -0.25) is 0 Å². The number of hydrogen-bond donors (Lipinski definition) is 0. The molecular formula is C7H12N2S. The van der Waals surface area contributed by atoms with E-state index in [1.807, 2.05) is 6.92 Å². The molecule has 0 fully saturated rings. The molecule has 0 aliphatic rings. The van der Waals surface area contributed by atoms with Gasteiger partial charge in [0.1, 0.15) is 0 Å². The van der Waals surface area contributed by atoms with Gasteiger partial charge in [-0.2, -0.15) is 8.75 Å². The molecule has 0 aromatic carbocycles. The maximum absolute atomic E-state index is 4.19. The Kier molecular flexibility index (Phi) is 2.38. The van der Waals surface area contributed by atoms with Crippen molar-refractivity contribution in [3.63, 3.8) is 0 Å². The van der Waals surface area contributed by atoms with Gasteiger partial charge in [-0.05, 0) is 19.3 Å². The van der Waals surface area contributed by atoms with E-state index in [0.29, 0.717) is 5.92 Å². The molecule has 1 aromatic rings. The van der Waals surface area contributed by atoms with Crippen LogP contribution in [-0.4, -0.2) is 8.75 Å². The molecule has 0 radical (unpaired) electrons. The van der Waals surface area contributed by atoms with Gasteiger partial charge in [0.15, 0.2) is 0 Å². The van der Waals surface area contributed by atoms with E-state index >= 15 is 0 Å². The Balaban J connectivity index is 2.65. The van der Waals surface area contributed by atoms with Crippen molar-refractivity contribution in [1.82, 2.24) is 8.75 Å². The van der Waals surface area contributed by atoms with Crippen LogP contribution < -0.4 is 0 Å². The van der Waals surface area contributed by atoms with Gasteiger partial charge in [-0.15, -0.1) is 0 Å². The van der Waals surface area contributed by atoms with E-state index in [9.17, 15) is 0 Å². The fourth-order valence-electron chi connectivity index (χ4n) is 0.821. The van der Waals surface area contributed by atoms with Crippen molar-refractivity contribution < 1.29 is 0 Å². The molecule has 3 heteroatoms. The van der Waals surface area contributed by atoms with Crippen molar-refractivity contribution in [3.05, 3.63) is 11.4 Å². The van der Waals surface area contributed by atoms with Gasteiger partial charge in [-0.1, -0.05) is 13.8 Å². The molecule has 0 amide bonds. The topological polar surface area (TPSA) is 25.8 Å². The molecule has 1 aromatic heterocycles. The SMILES string of the molecule is Cc1nsnc1CC(C)C. The molecule has 2 nitrogen and oxygen atoms in total. The maximum Gasteiger partial charge on any atom is 0.0774 e. The second kappa shape index (κ2) is 3.10. The number of nitrogens with zero attached hydrogens (tertiary/aromatic N) is 2. The van der Waals surface area contributed by atoms with Crippen molar-refractivity contribution in [2.75, 3.05) is 0 Å². The zero-order valence-corrected chi connectivity index (χ0v) is 7.40. The summed E-state index contributed by atoms with van der Waals surface area (Å²) in [6.07, 6.45) is 1.06. The number of hydrogen-bond acceptors (Lipinski definition) is 3. The molecule has 0 atom stereocenters. The molecule has 0 aliphatic carbocycles. The van der Waals surface area contributed by atoms with E-state index < -0.39 is 0 Å². The summed E-state index contributed by atoms with van der Waals surface area (Å²) < 4.78 is 8.29. The minimum atomic E-state index is 0.683. The first-order valence-corrected chi connectivity index (χ1v) is 4.21. The predicted octanol–water partition coefficient (Wildman–Crippen LogP) is 2.05. The van der Waals surface area contributed by atoms with Gasteiger partial charge in [0, 0.05) is 0 Å². The van der Waals surface area contributed by atoms with Crippen LogP contribution in [0.5, 0.6) is 0 Å². The Bertz CT molecular complexity index is 205. The van der Waals surface area contributed by atoms with E-state index in [2.05, 4.69) is 22.6 Å². The third-order valence-electron chi connectivity index (χ3n) is 1.35. The third kappa shape index (κ3) is 1.77. The second-order valence-corrected chi connectivity index (χ2v) is 3.42. The van der Waals surface area contributed by atoms with Crippen LogP contribution in [0.3, 0.4) is 0 Å². The number of aryl methyl sites for hydroxylation is 1. The molecular weight excluding hydrogens is 144 g/mol. The Labute approximate surface area is 65.6 Å². The normalized spacial score (nSPS) is 10.8.